The Morgan fingerprint density at radius 1 is 1.25 bits per heavy atom. The Balaban J connectivity index is 1.80. The maximum atomic E-state index is 14.0. The van der Waals surface area contributed by atoms with Gasteiger partial charge in [-0.15, -0.1) is 0 Å². The van der Waals surface area contributed by atoms with E-state index in [1.54, 1.807) is 12.3 Å². The number of benzene rings is 1. The van der Waals surface area contributed by atoms with Crippen molar-refractivity contribution in [2.24, 2.45) is 0 Å². The molecule has 0 radical (unpaired) electrons. The van der Waals surface area contributed by atoms with Crippen molar-refractivity contribution >= 4 is 10.9 Å². The standard InChI is InChI=1S/C16H16FN3/c1-11(15-4-2-3-8-18-15)20-10-13-12-7-9-19-16(12)6-5-14(13)17/h2-9,11,19-20H,10H2,1H3. The quantitative estimate of drug-likeness (QED) is 0.760. The predicted molar refractivity (Wildman–Crippen MR) is 77.7 cm³/mol. The molecule has 0 aliphatic carbocycles. The van der Waals surface area contributed by atoms with E-state index in [1.807, 2.05) is 37.4 Å². The zero-order valence-corrected chi connectivity index (χ0v) is 11.2. The lowest BCUT2D eigenvalue weighted by Gasteiger charge is -2.14. The van der Waals surface area contributed by atoms with Gasteiger partial charge >= 0.3 is 0 Å². The number of fused-ring (bicyclic) bond motifs is 1. The van der Waals surface area contributed by atoms with Crippen LogP contribution in [0.1, 0.15) is 24.2 Å². The summed E-state index contributed by atoms with van der Waals surface area (Å²) in [5.74, 6) is -0.183. The first-order valence-corrected chi connectivity index (χ1v) is 6.64. The van der Waals surface area contributed by atoms with Crippen LogP contribution in [0.4, 0.5) is 4.39 Å². The molecular formula is C16H16FN3. The zero-order valence-electron chi connectivity index (χ0n) is 11.2. The summed E-state index contributed by atoms with van der Waals surface area (Å²) in [6.07, 6.45) is 3.59. The summed E-state index contributed by atoms with van der Waals surface area (Å²) in [6, 6.07) is 11.0. The van der Waals surface area contributed by atoms with Crippen molar-refractivity contribution in [1.29, 1.82) is 0 Å². The van der Waals surface area contributed by atoms with E-state index in [-0.39, 0.29) is 11.9 Å². The minimum atomic E-state index is -0.183. The maximum Gasteiger partial charge on any atom is 0.128 e. The third-order valence-electron chi connectivity index (χ3n) is 3.51. The second kappa shape index (κ2) is 5.43. The first-order chi connectivity index (χ1) is 9.75. The second-order valence-corrected chi connectivity index (χ2v) is 4.82. The molecule has 20 heavy (non-hydrogen) atoms. The molecule has 0 fully saturated rings. The summed E-state index contributed by atoms with van der Waals surface area (Å²) < 4.78 is 14.0. The summed E-state index contributed by atoms with van der Waals surface area (Å²) >= 11 is 0. The summed E-state index contributed by atoms with van der Waals surface area (Å²) in [6.45, 7) is 2.50. The van der Waals surface area contributed by atoms with Crippen LogP contribution < -0.4 is 5.32 Å². The van der Waals surface area contributed by atoms with Gasteiger partial charge in [0.15, 0.2) is 0 Å². The van der Waals surface area contributed by atoms with Crippen molar-refractivity contribution in [3.63, 3.8) is 0 Å². The minimum Gasteiger partial charge on any atom is -0.361 e. The number of hydrogen-bond acceptors (Lipinski definition) is 2. The van der Waals surface area contributed by atoms with Gasteiger partial charge < -0.3 is 10.3 Å². The number of rotatable bonds is 4. The molecule has 0 amide bonds. The number of nitrogens with one attached hydrogen (secondary N) is 2. The van der Waals surface area contributed by atoms with Crippen LogP contribution in [0.25, 0.3) is 10.9 Å². The van der Waals surface area contributed by atoms with Crippen LogP contribution in [0, 0.1) is 5.82 Å². The Kier molecular flexibility index (Phi) is 3.48. The van der Waals surface area contributed by atoms with E-state index in [9.17, 15) is 4.39 Å². The third kappa shape index (κ3) is 2.42. The van der Waals surface area contributed by atoms with Crippen molar-refractivity contribution < 1.29 is 4.39 Å². The van der Waals surface area contributed by atoms with E-state index < -0.39 is 0 Å². The van der Waals surface area contributed by atoms with Gasteiger partial charge in [0.05, 0.1) is 5.69 Å². The SMILES string of the molecule is CC(NCc1c(F)ccc2[nH]ccc12)c1ccccn1. The molecule has 0 saturated carbocycles. The first-order valence-electron chi connectivity index (χ1n) is 6.64. The van der Waals surface area contributed by atoms with Crippen LogP contribution in [0.2, 0.25) is 0 Å². The monoisotopic (exact) mass is 269 g/mol. The van der Waals surface area contributed by atoms with Crippen LogP contribution in [-0.4, -0.2) is 9.97 Å². The van der Waals surface area contributed by atoms with Gasteiger partial charge in [0.25, 0.3) is 0 Å². The highest BCUT2D eigenvalue weighted by atomic mass is 19.1. The van der Waals surface area contributed by atoms with Crippen molar-refractivity contribution in [2.75, 3.05) is 0 Å². The summed E-state index contributed by atoms with van der Waals surface area (Å²) in [4.78, 5) is 7.40. The third-order valence-corrected chi connectivity index (χ3v) is 3.51. The number of aromatic amines is 1. The molecule has 1 aromatic carbocycles. The molecule has 0 bridgehead atoms. The van der Waals surface area contributed by atoms with E-state index in [1.165, 1.54) is 6.07 Å². The van der Waals surface area contributed by atoms with Gasteiger partial charge in [-0.1, -0.05) is 6.07 Å². The molecule has 4 heteroatoms. The molecule has 2 heterocycles. The predicted octanol–water partition coefficient (Wildman–Crippen LogP) is 3.55. The summed E-state index contributed by atoms with van der Waals surface area (Å²) in [5, 5.41) is 4.24. The number of H-pyrrole nitrogens is 1. The molecular weight excluding hydrogens is 253 g/mol. The largest absolute Gasteiger partial charge is 0.361 e. The normalized spacial score (nSPS) is 12.7. The Morgan fingerprint density at radius 3 is 2.95 bits per heavy atom. The van der Waals surface area contributed by atoms with E-state index >= 15 is 0 Å². The maximum absolute atomic E-state index is 14.0. The number of pyridine rings is 1. The fourth-order valence-corrected chi connectivity index (χ4v) is 2.34. The molecule has 0 saturated heterocycles. The second-order valence-electron chi connectivity index (χ2n) is 4.82. The molecule has 1 atom stereocenters. The van der Waals surface area contributed by atoms with E-state index in [0.717, 1.165) is 16.6 Å². The van der Waals surface area contributed by atoms with Crippen molar-refractivity contribution in [3.05, 3.63) is 65.9 Å². The van der Waals surface area contributed by atoms with Gasteiger partial charge in [-0.3, -0.25) is 4.98 Å². The Bertz CT molecular complexity index is 706. The average Bonchev–Trinajstić information content (AvgIpc) is 2.95. The molecule has 0 spiro atoms. The Morgan fingerprint density at radius 2 is 2.15 bits per heavy atom. The van der Waals surface area contributed by atoms with Crippen LogP contribution in [-0.2, 0) is 6.54 Å². The van der Waals surface area contributed by atoms with Crippen LogP contribution in [0.3, 0.4) is 0 Å². The lowest BCUT2D eigenvalue weighted by Crippen LogP contribution is -2.19. The van der Waals surface area contributed by atoms with E-state index in [0.29, 0.717) is 12.1 Å². The first kappa shape index (κ1) is 12.8. The Hall–Kier alpha value is -2.20. The summed E-state index contributed by atoms with van der Waals surface area (Å²) in [7, 11) is 0. The number of hydrogen-bond donors (Lipinski definition) is 2. The number of nitrogens with zero attached hydrogens (tertiary/aromatic N) is 1. The number of halogens is 1. The average molecular weight is 269 g/mol. The lowest BCUT2D eigenvalue weighted by atomic mass is 10.1. The van der Waals surface area contributed by atoms with E-state index in [2.05, 4.69) is 15.3 Å². The molecule has 2 N–H and O–H groups in total. The van der Waals surface area contributed by atoms with Crippen LogP contribution in [0.15, 0.2) is 48.8 Å². The highest BCUT2D eigenvalue weighted by molar-refractivity contribution is 5.83. The van der Waals surface area contributed by atoms with Crippen LogP contribution in [0.5, 0.6) is 0 Å². The van der Waals surface area contributed by atoms with Gasteiger partial charge in [0, 0.05) is 41.4 Å². The molecule has 1 unspecified atom stereocenters. The molecule has 3 rings (SSSR count). The van der Waals surface area contributed by atoms with Gasteiger partial charge in [0.2, 0.25) is 0 Å². The molecule has 102 valence electrons. The highest BCUT2D eigenvalue weighted by Crippen LogP contribution is 2.21. The fraction of sp³-hybridized carbons (Fsp3) is 0.188. The van der Waals surface area contributed by atoms with Gasteiger partial charge in [-0.2, -0.15) is 0 Å². The van der Waals surface area contributed by atoms with Gasteiger partial charge in [-0.05, 0) is 37.3 Å². The van der Waals surface area contributed by atoms with Crippen molar-refractivity contribution in [3.8, 4) is 0 Å². The van der Waals surface area contributed by atoms with Gasteiger partial charge in [-0.25, -0.2) is 4.39 Å². The molecule has 2 aromatic heterocycles. The van der Waals surface area contributed by atoms with Crippen molar-refractivity contribution in [1.82, 2.24) is 15.3 Å². The smallest absolute Gasteiger partial charge is 0.128 e. The molecule has 3 aromatic rings. The minimum absolute atomic E-state index is 0.0739. The zero-order chi connectivity index (χ0) is 13.9. The molecule has 0 aliphatic heterocycles. The molecule has 3 nitrogen and oxygen atoms in total. The molecule has 0 aliphatic rings. The number of aromatic nitrogens is 2. The topological polar surface area (TPSA) is 40.7 Å². The van der Waals surface area contributed by atoms with Gasteiger partial charge in [0.1, 0.15) is 5.82 Å². The fourth-order valence-electron chi connectivity index (χ4n) is 2.34. The van der Waals surface area contributed by atoms with Crippen molar-refractivity contribution in [2.45, 2.75) is 19.5 Å². The highest BCUT2D eigenvalue weighted by Gasteiger charge is 2.11. The van der Waals surface area contributed by atoms with Crippen LogP contribution >= 0.6 is 0 Å². The van der Waals surface area contributed by atoms with E-state index in [4.69, 9.17) is 0 Å². The lowest BCUT2D eigenvalue weighted by molar-refractivity contribution is 0.539. The summed E-state index contributed by atoms with van der Waals surface area (Å²) in [5.41, 5.74) is 2.59. The Labute approximate surface area is 116 Å².